The fourth-order valence-electron chi connectivity index (χ4n) is 3.30. The lowest BCUT2D eigenvalue weighted by Crippen LogP contribution is -2.70. The molecule has 2 aliphatic rings. The normalized spacial score (nSPS) is 20.5. The number of aryl methyl sites for hydroxylation is 1. The first-order valence-electron chi connectivity index (χ1n) is 9.44. The Balaban J connectivity index is 1.42. The van der Waals surface area contributed by atoms with Crippen LogP contribution in [0, 0.1) is 6.92 Å². The van der Waals surface area contributed by atoms with Crippen molar-refractivity contribution in [3.8, 4) is 0 Å². The van der Waals surface area contributed by atoms with Crippen molar-refractivity contribution < 1.29 is 24.0 Å². The van der Waals surface area contributed by atoms with E-state index in [1.165, 1.54) is 28.4 Å². The first kappa shape index (κ1) is 21.3. The monoisotopic (exact) mass is 457 g/mol. The van der Waals surface area contributed by atoms with Crippen molar-refractivity contribution in [1.82, 2.24) is 15.4 Å². The van der Waals surface area contributed by atoms with Gasteiger partial charge in [0.1, 0.15) is 17.1 Å². The predicted octanol–water partition coefficient (Wildman–Crippen LogP) is 2.53. The fourth-order valence-corrected chi connectivity index (χ4v) is 5.35. The van der Waals surface area contributed by atoms with E-state index >= 15 is 0 Å². The lowest BCUT2D eigenvalue weighted by molar-refractivity contribution is -0.150. The molecule has 10 heteroatoms. The van der Waals surface area contributed by atoms with E-state index in [2.05, 4.69) is 10.5 Å². The van der Waals surface area contributed by atoms with E-state index in [4.69, 9.17) is 4.52 Å². The Labute approximate surface area is 186 Å². The minimum Gasteiger partial charge on any atom is -0.477 e. The smallest absolute Gasteiger partial charge is 0.352 e. The van der Waals surface area contributed by atoms with Crippen molar-refractivity contribution >= 4 is 47.4 Å². The summed E-state index contributed by atoms with van der Waals surface area (Å²) in [4.78, 5) is 39.1. The molecule has 0 aliphatic carbocycles. The molecule has 2 atom stereocenters. The average Bonchev–Trinajstić information content (AvgIpc) is 3.19. The number of amides is 2. The van der Waals surface area contributed by atoms with E-state index in [9.17, 15) is 19.5 Å². The standard InChI is InChI=1S/C21H19N3O5S2/c1-12-9-14(29-23-12)8-7-13-10-31-20-17(19(26)24(20)18(13)21(27)28)22-16(25)11-30-15-5-3-2-4-6-15/h2-9,17,20H,10-11H2,1H3,(H,22,25)(H,27,28). The van der Waals surface area contributed by atoms with Crippen LogP contribution in [0.5, 0.6) is 0 Å². The Bertz CT molecular complexity index is 1080. The van der Waals surface area contributed by atoms with Crippen molar-refractivity contribution in [1.29, 1.82) is 0 Å². The Morgan fingerprint density at radius 3 is 2.81 bits per heavy atom. The molecule has 1 aromatic carbocycles. The summed E-state index contributed by atoms with van der Waals surface area (Å²) in [6, 6.07) is 10.5. The Morgan fingerprint density at radius 1 is 1.35 bits per heavy atom. The summed E-state index contributed by atoms with van der Waals surface area (Å²) in [5, 5.41) is 15.8. The number of fused-ring (bicyclic) bond motifs is 1. The second-order valence-electron chi connectivity index (χ2n) is 6.94. The molecular formula is C21H19N3O5S2. The molecule has 31 heavy (non-hydrogen) atoms. The van der Waals surface area contributed by atoms with Crippen LogP contribution in [-0.4, -0.2) is 55.9 Å². The molecule has 0 radical (unpaired) electrons. The zero-order valence-electron chi connectivity index (χ0n) is 16.5. The van der Waals surface area contributed by atoms with E-state index in [1.807, 2.05) is 30.3 Å². The van der Waals surface area contributed by atoms with Gasteiger partial charge in [0.05, 0.1) is 11.4 Å². The number of aromatic nitrogens is 1. The minimum atomic E-state index is -1.18. The van der Waals surface area contributed by atoms with Gasteiger partial charge in [-0.1, -0.05) is 29.4 Å². The van der Waals surface area contributed by atoms with Crippen LogP contribution in [0.3, 0.4) is 0 Å². The average molecular weight is 458 g/mol. The largest absolute Gasteiger partial charge is 0.477 e. The van der Waals surface area contributed by atoms with Gasteiger partial charge in [-0.2, -0.15) is 0 Å². The van der Waals surface area contributed by atoms with E-state index in [0.29, 0.717) is 22.8 Å². The highest BCUT2D eigenvalue weighted by molar-refractivity contribution is 8.00. The molecule has 160 valence electrons. The van der Waals surface area contributed by atoms with Crippen molar-refractivity contribution in [3.63, 3.8) is 0 Å². The maximum absolute atomic E-state index is 12.7. The third-order valence-electron chi connectivity index (χ3n) is 4.72. The van der Waals surface area contributed by atoms with Gasteiger partial charge in [-0.05, 0) is 30.7 Å². The second kappa shape index (κ2) is 9.03. The number of hydrogen-bond acceptors (Lipinski definition) is 7. The van der Waals surface area contributed by atoms with Gasteiger partial charge in [0.25, 0.3) is 5.91 Å². The summed E-state index contributed by atoms with van der Waals surface area (Å²) in [5.74, 6) is -0.800. The first-order chi connectivity index (χ1) is 14.9. The molecule has 3 heterocycles. The molecule has 1 saturated heterocycles. The number of carboxylic acid groups (broad SMARTS) is 1. The molecule has 4 rings (SSSR count). The number of allylic oxidation sites excluding steroid dienone is 1. The SMILES string of the molecule is Cc1cc(C=CC2=C(C(=O)O)N3C(=O)C(NC(=O)CSc4ccccc4)C3SC2)on1. The van der Waals surface area contributed by atoms with E-state index < -0.39 is 23.3 Å². The van der Waals surface area contributed by atoms with Crippen LogP contribution in [-0.2, 0) is 14.4 Å². The topological polar surface area (TPSA) is 113 Å². The number of rotatable bonds is 7. The number of carbonyl (C=O) groups excluding carboxylic acids is 2. The Hall–Kier alpha value is -2.98. The maximum atomic E-state index is 12.7. The number of aliphatic carboxylic acids is 1. The van der Waals surface area contributed by atoms with Gasteiger partial charge in [0.2, 0.25) is 5.91 Å². The van der Waals surface area contributed by atoms with Crippen LogP contribution < -0.4 is 5.32 Å². The second-order valence-corrected chi connectivity index (χ2v) is 9.09. The number of benzene rings is 1. The molecule has 8 nitrogen and oxygen atoms in total. The summed E-state index contributed by atoms with van der Waals surface area (Å²) < 4.78 is 5.11. The number of nitrogens with one attached hydrogen (secondary N) is 1. The van der Waals surface area contributed by atoms with Gasteiger partial charge < -0.3 is 14.9 Å². The van der Waals surface area contributed by atoms with Crippen LogP contribution in [0.15, 0.2) is 63.2 Å². The zero-order valence-corrected chi connectivity index (χ0v) is 18.1. The highest BCUT2D eigenvalue weighted by atomic mass is 32.2. The summed E-state index contributed by atoms with van der Waals surface area (Å²) in [6.45, 7) is 1.79. The number of carboxylic acids is 1. The summed E-state index contributed by atoms with van der Waals surface area (Å²) >= 11 is 2.79. The summed E-state index contributed by atoms with van der Waals surface area (Å²) in [7, 11) is 0. The van der Waals surface area contributed by atoms with Gasteiger partial charge >= 0.3 is 5.97 Å². The molecule has 1 aromatic heterocycles. The first-order valence-corrected chi connectivity index (χ1v) is 11.5. The molecule has 2 N–H and O–H groups in total. The van der Waals surface area contributed by atoms with E-state index in [0.717, 1.165) is 4.90 Å². The van der Waals surface area contributed by atoms with Crippen LogP contribution in [0.2, 0.25) is 0 Å². The fraction of sp³-hybridized carbons (Fsp3) is 0.238. The van der Waals surface area contributed by atoms with Crippen molar-refractivity contribution in [3.05, 3.63) is 65.2 Å². The number of nitrogens with zero attached hydrogens (tertiary/aromatic N) is 2. The Morgan fingerprint density at radius 2 is 2.13 bits per heavy atom. The molecule has 2 unspecified atom stereocenters. The predicted molar refractivity (Wildman–Crippen MR) is 117 cm³/mol. The van der Waals surface area contributed by atoms with Crippen molar-refractivity contribution in [2.24, 2.45) is 0 Å². The number of hydrogen-bond donors (Lipinski definition) is 2. The summed E-state index contributed by atoms with van der Waals surface area (Å²) in [6.07, 6.45) is 3.26. The molecule has 2 amide bonds. The summed E-state index contributed by atoms with van der Waals surface area (Å²) in [5.41, 5.74) is 1.15. The van der Waals surface area contributed by atoms with Crippen molar-refractivity contribution in [2.75, 3.05) is 11.5 Å². The Kier molecular flexibility index (Phi) is 6.19. The van der Waals surface area contributed by atoms with E-state index in [-0.39, 0.29) is 17.4 Å². The molecule has 2 aliphatic heterocycles. The zero-order chi connectivity index (χ0) is 22.0. The highest BCUT2D eigenvalue weighted by Gasteiger charge is 2.53. The van der Waals surface area contributed by atoms with Crippen LogP contribution >= 0.6 is 23.5 Å². The maximum Gasteiger partial charge on any atom is 0.352 e. The van der Waals surface area contributed by atoms with Crippen molar-refractivity contribution in [2.45, 2.75) is 23.2 Å². The quantitative estimate of drug-likeness (QED) is 0.482. The van der Waals surface area contributed by atoms with E-state index in [1.54, 1.807) is 25.1 Å². The van der Waals surface area contributed by atoms with Gasteiger partial charge in [0, 0.05) is 16.7 Å². The van der Waals surface area contributed by atoms with Crippen LogP contribution in [0.4, 0.5) is 0 Å². The van der Waals surface area contributed by atoms with Gasteiger partial charge in [-0.15, -0.1) is 23.5 Å². The molecular weight excluding hydrogens is 438 g/mol. The lowest BCUT2D eigenvalue weighted by Gasteiger charge is -2.49. The third kappa shape index (κ3) is 4.54. The highest BCUT2D eigenvalue weighted by Crippen LogP contribution is 2.40. The van der Waals surface area contributed by atoms with Gasteiger partial charge in [-0.25, -0.2) is 4.79 Å². The third-order valence-corrected chi connectivity index (χ3v) is 7.04. The number of β-lactam (4-membered cyclic amide) rings is 1. The molecule has 0 saturated carbocycles. The molecule has 2 aromatic rings. The van der Waals surface area contributed by atoms with Crippen LogP contribution in [0.25, 0.3) is 6.08 Å². The number of thioether (sulfide) groups is 2. The number of carbonyl (C=O) groups is 3. The molecule has 0 spiro atoms. The molecule has 1 fully saturated rings. The van der Waals surface area contributed by atoms with Crippen LogP contribution in [0.1, 0.15) is 11.5 Å². The van der Waals surface area contributed by atoms with Gasteiger partial charge in [-0.3, -0.25) is 14.5 Å². The molecule has 0 bridgehead atoms. The minimum absolute atomic E-state index is 0.0644. The lowest BCUT2D eigenvalue weighted by atomic mass is 10.0. The van der Waals surface area contributed by atoms with Gasteiger partial charge in [0.15, 0.2) is 5.76 Å².